The summed E-state index contributed by atoms with van der Waals surface area (Å²) in [5.41, 5.74) is 4.68. The number of H-pyrrole nitrogens is 1. The van der Waals surface area contributed by atoms with Crippen molar-refractivity contribution in [2.24, 2.45) is 0 Å². The first-order valence-corrected chi connectivity index (χ1v) is 10.3. The number of hydrogen-bond acceptors (Lipinski definition) is 6. The fourth-order valence-corrected chi connectivity index (χ4v) is 4.23. The SMILES string of the molecule is CCOc1cccc2sc(NC(=O)c3cc(-c4c(C)nn(CC)c4C)n[nH]3)nc12. The highest BCUT2D eigenvalue weighted by molar-refractivity contribution is 7.22. The second kappa shape index (κ2) is 7.67. The van der Waals surface area contributed by atoms with Gasteiger partial charge in [0.25, 0.3) is 5.91 Å². The zero-order valence-corrected chi connectivity index (χ0v) is 17.6. The van der Waals surface area contributed by atoms with Crippen LogP contribution in [0.1, 0.15) is 35.7 Å². The number of ether oxygens (including phenoxy) is 1. The van der Waals surface area contributed by atoms with Crippen LogP contribution in [-0.4, -0.2) is 37.5 Å². The number of aromatic nitrogens is 5. The van der Waals surface area contributed by atoms with E-state index in [1.54, 1.807) is 6.07 Å². The Kier molecular flexibility index (Phi) is 5.06. The first-order valence-electron chi connectivity index (χ1n) is 9.45. The summed E-state index contributed by atoms with van der Waals surface area (Å²) in [5, 5.41) is 15.0. The van der Waals surface area contributed by atoms with Gasteiger partial charge in [0.1, 0.15) is 17.0 Å². The topological polar surface area (TPSA) is 97.7 Å². The van der Waals surface area contributed by atoms with Gasteiger partial charge in [-0.15, -0.1) is 0 Å². The van der Waals surface area contributed by atoms with Gasteiger partial charge in [0.05, 0.1) is 22.7 Å². The first kappa shape index (κ1) is 19.1. The molecule has 0 spiro atoms. The Morgan fingerprint density at radius 3 is 2.86 bits per heavy atom. The number of fused-ring (bicyclic) bond motifs is 1. The number of para-hydroxylation sites is 1. The number of benzene rings is 1. The molecular weight excluding hydrogens is 388 g/mol. The Morgan fingerprint density at radius 2 is 2.14 bits per heavy atom. The molecule has 1 amide bonds. The van der Waals surface area contributed by atoms with Gasteiger partial charge in [-0.3, -0.25) is 19.9 Å². The number of amides is 1. The number of carbonyl (C=O) groups excluding carboxylic acids is 1. The highest BCUT2D eigenvalue weighted by atomic mass is 32.1. The van der Waals surface area contributed by atoms with Crippen molar-refractivity contribution in [2.45, 2.75) is 34.2 Å². The van der Waals surface area contributed by atoms with E-state index in [1.165, 1.54) is 11.3 Å². The van der Waals surface area contributed by atoms with Gasteiger partial charge in [0.2, 0.25) is 0 Å². The number of carbonyl (C=O) groups is 1. The third-order valence-corrected chi connectivity index (χ3v) is 5.60. The predicted molar refractivity (Wildman–Crippen MR) is 114 cm³/mol. The molecule has 4 aromatic rings. The summed E-state index contributed by atoms with van der Waals surface area (Å²) in [6.45, 7) is 9.26. The van der Waals surface area contributed by atoms with Crippen molar-refractivity contribution in [1.29, 1.82) is 0 Å². The third kappa shape index (κ3) is 3.49. The van der Waals surface area contributed by atoms with Crippen LogP contribution >= 0.6 is 11.3 Å². The van der Waals surface area contributed by atoms with E-state index < -0.39 is 0 Å². The Balaban J connectivity index is 1.58. The molecule has 0 bridgehead atoms. The molecule has 1 aromatic carbocycles. The predicted octanol–water partition coefficient (Wildman–Crippen LogP) is 4.17. The zero-order chi connectivity index (χ0) is 20.5. The second-order valence-corrected chi connectivity index (χ2v) is 7.57. The molecule has 0 radical (unpaired) electrons. The van der Waals surface area contributed by atoms with Gasteiger partial charge in [0, 0.05) is 17.8 Å². The standard InChI is InChI=1S/C20H22N6O2S/c1-5-26-12(4)17(11(3)25-26)13-10-14(24-23-13)19(27)22-20-21-18-15(28-6-2)8-7-9-16(18)29-20/h7-10H,5-6H2,1-4H3,(H,23,24)(H,21,22,27). The van der Waals surface area contributed by atoms with Gasteiger partial charge in [-0.25, -0.2) is 4.98 Å². The van der Waals surface area contributed by atoms with Crippen LogP contribution in [0.25, 0.3) is 21.5 Å². The lowest BCUT2D eigenvalue weighted by molar-refractivity contribution is 0.102. The van der Waals surface area contributed by atoms with Gasteiger partial charge < -0.3 is 4.74 Å². The number of anilines is 1. The quantitative estimate of drug-likeness (QED) is 0.497. The minimum atomic E-state index is -0.293. The summed E-state index contributed by atoms with van der Waals surface area (Å²) >= 11 is 1.40. The summed E-state index contributed by atoms with van der Waals surface area (Å²) < 4.78 is 8.50. The lowest BCUT2D eigenvalue weighted by Crippen LogP contribution is -2.12. The van der Waals surface area contributed by atoms with E-state index >= 15 is 0 Å². The van der Waals surface area contributed by atoms with Crippen LogP contribution in [0.3, 0.4) is 0 Å². The minimum Gasteiger partial charge on any atom is -0.492 e. The monoisotopic (exact) mass is 410 g/mol. The maximum atomic E-state index is 12.7. The summed E-state index contributed by atoms with van der Waals surface area (Å²) in [5.74, 6) is 0.420. The number of hydrogen-bond donors (Lipinski definition) is 2. The molecule has 0 saturated carbocycles. The molecule has 0 saturated heterocycles. The molecule has 150 valence electrons. The molecule has 0 atom stereocenters. The van der Waals surface area contributed by atoms with E-state index in [0.29, 0.717) is 28.9 Å². The van der Waals surface area contributed by atoms with E-state index in [1.807, 2.05) is 50.6 Å². The van der Waals surface area contributed by atoms with E-state index in [9.17, 15) is 4.79 Å². The van der Waals surface area contributed by atoms with Crippen LogP contribution in [0.15, 0.2) is 24.3 Å². The molecule has 3 aromatic heterocycles. The summed E-state index contributed by atoms with van der Waals surface area (Å²) in [7, 11) is 0. The Labute approximate surface area is 171 Å². The minimum absolute atomic E-state index is 0.293. The van der Waals surface area contributed by atoms with Crippen LogP contribution in [0, 0.1) is 13.8 Å². The van der Waals surface area contributed by atoms with Gasteiger partial charge >= 0.3 is 0 Å². The average molecular weight is 411 g/mol. The second-order valence-electron chi connectivity index (χ2n) is 6.54. The molecule has 0 unspecified atom stereocenters. The van der Waals surface area contributed by atoms with Crippen molar-refractivity contribution >= 4 is 32.6 Å². The number of nitrogens with one attached hydrogen (secondary N) is 2. The average Bonchev–Trinajstić information content (AvgIpc) is 3.39. The lowest BCUT2D eigenvalue weighted by atomic mass is 10.1. The Morgan fingerprint density at radius 1 is 1.31 bits per heavy atom. The number of thiazole rings is 1. The fourth-order valence-electron chi connectivity index (χ4n) is 3.35. The molecular formula is C20H22N6O2S. The molecule has 0 fully saturated rings. The zero-order valence-electron chi connectivity index (χ0n) is 16.7. The fraction of sp³-hybridized carbons (Fsp3) is 0.300. The van der Waals surface area contributed by atoms with Gasteiger partial charge in [0.15, 0.2) is 5.13 Å². The van der Waals surface area contributed by atoms with Crippen LogP contribution in [0.4, 0.5) is 5.13 Å². The third-order valence-electron chi connectivity index (χ3n) is 4.66. The van der Waals surface area contributed by atoms with Crippen molar-refractivity contribution in [2.75, 3.05) is 11.9 Å². The molecule has 3 heterocycles. The number of aromatic amines is 1. The molecule has 0 aliphatic rings. The lowest BCUT2D eigenvalue weighted by Gasteiger charge is -2.02. The van der Waals surface area contributed by atoms with Gasteiger partial charge in [-0.05, 0) is 45.9 Å². The Bertz CT molecular complexity index is 1190. The molecule has 9 heteroatoms. The van der Waals surface area contributed by atoms with Crippen LogP contribution < -0.4 is 10.1 Å². The van der Waals surface area contributed by atoms with E-state index in [4.69, 9.17) is 4.74 Å². The summed E-state index contributed by atoms with van der Waals surface area (Å²) in [6.07, 6.45) is 0. The smallest absolute Gasteiger partial charge is 0.275 e. The molecule has 0 aliphatic heterocycles. The summed E-state index contributed by atoms with van der Waals surface area (Å²) in [6, 6.07) is 7.49. The first-order chi connectivity index (χ1) is 14.0. The largest absolute Gasteiger partial charge is 0.492 e. The maximum absolute atomic E-state index is 12.7. The highest BCUT2D eigenvalue weighted by Crippen LogP contribution is 2.32. The molecule has 2 N–H and O–H groups in total. The van der Waals surface area contributed by atoms with Crippen molar-refractivity contribution in [1.82, 2.24) is 25.0 Å². The molecule has 4 rings (SSSR count). The van der Waals surface area contributed by atoms with Gasteiger partial charge in [-0.2, -0.15) is 10.2 Å². The number of nitrogens with zero attached hydrogens (tertiary/aromatic N) is 4. The molecule has 29 heavy (non-hydrogen) atoms. The van der Waals surface area contributed by atoms with Crippen LogP contribution in [-0.2, 0) is 6.54 Å². The highest BCUT2D eigenvalue weighted by Gasteiger charge is 2.19. The molecule has 8 nitrogen and oxygen atoms in total. The number of rotatable bonds is 6. The Hall–Kier alpha value is -3.20. The van der Waals surface area contributed by atoms with Crippen molar-refractivity contribution in [3.63, 3.8) is 0 Å². The van der Waals surface area contributed by atoms with E-state index in [0.717, 1.165) is 33.7 Å². The van der Waals surface area contributed by atoms with Crippen LogP contribution in [0.2, 0.25) is 0 Å². The van der Waals surface area contributed by atoms with Crippen molar-refractivity contribution in [3.8, 4) is 17.0 Å². The van der Waals surface area contributed by atoms with E-state index in [-0.39, 0.29) is 5.91 Å². The van der Waals surface area contributed by atoms with E-state index in [2.05, 4.69) is 25.6 Å². The van der Waals surface area contributed by atoms with Crippen molar-refractivity contribution in [3.05, 3.63) is 41.3 Å². The number of aryl methyl sites for hydroxylation is 2. The van der Waals surface area contributed by atoms with Gasteiger partial charge in [-0.1, -0.05) is 17.4 Å². The molecule has 0 aliphatic carbocycles. The van der Waals surface area contributed by atoms with Crippen LogP contribution in [0.5, 0.6) is 5.75 Å². The maximum Gasteiger partial charge on any atom is 0.275 e. The summed E-state index contributed by atoms with van der Waals surface area (Å²) in [4.78, 5) is 17.2. The van der Waals surface area contributed by atoms with Crippen molar-refractivity contribution < 1.29 is 9.53 Å². The normalized spacial score (nSPS) is 11.2.